The Morgan fingerprint density at radius 3 is 1.82 bits per heavy atom. The summed E-state index contributed by atoms with van der Waals surface area (Å²) in [6.45, 7) is 15.8. The average Bonchev–Trinajstić information content (AvgIpc) is 2.13. The quantitative estimate of drug-likeness (QED) is 0.579. The Morgan fingerprint density at radius 1 is 0.941 bits per heavy atom. The topological polar surface area (TPSA) is 12.4 Å². The van der Waals surface area contributed by atoms with Crippen molar-refractivity contribution in [3.63, 3.8) is 0 Å². The summed E-state index contributed by atoms with van der Waals surface area (Å²) in [5.74, 6) is 0. The fourth-order valence-corrected chi connectivity index (χ4v) is 2.66. The van der Waals surface area contributed by atoms with Gasteiger partial charge in [0.2, 0.25) is 0 Å². The highest BCUT2D eigenvalue weighted by atomic mass is 31.0. The van der Waals surface area contributed by atoms with Crippen LogP contribution in [-0.2, 0) is 10.8 Å². The summed E-state index contributed by atoms with van der Waals surface area (Å²) < 4.78 is 4.17. The first-order chi connectivity index (χ1) is 7.59. The summed E-state index contributed by atoms with van der Waals surface area (Å²) in [6.07, 6.45) is 0. The number of nitrogens with zero attached hydrogens (tertiary/aromatic N) is 1. The Balaban J connectivity index is 3.65. The van der Waals surface area contributed by atoms with Crippen LogP contribution in [0.2, 0.25) is 0 Å². The Hall–Kier alpha value is -0.680. The molecule has 1 nitrogen and oxygen atoms in total. The molecule has 0 aliphatic heterocycles. The highest BCUT2D eigenvalue weighted by Gasteiger charge is 2.27. The van der Waals surface area contributed by atoms with E-state index in [1.54, 1.807) is 0 Å². The molecule has 0 bridgehead atoms. The molecule has 0 heterocycles. The van der Waals surface area contributed by atoms with Gasteiger partial charge in [0.25, 0.3) is 0 Å². The van der Waals surface area contributed by atoms with Crippen molar-refractivity contribution in [2.75, 3.05) is 0 Å². The molecule has 94 valence electrons. The maximum Gasteiger partial charge on any atom is 0.0704 e. The zero-order valence-corrected chi connectivity index (χ0v) is 13.1. The van der Waals surface area contributed by atoms with Crippen LogP contribution in [0.25, 0.3) is 0 Å². The lowest BCUT2D eigenvalue weighted by atomic mass is 9.73. The van der Waals surface area contributed by atoms with Crippen LogP contribution in [0.5, 0.6) is 0 Å². The van der Waals surface area contributed by atoms with E-state index in [1.165, 1.54) is 16.7 Å². The van der Waals surface area contributed by atoms with Crippen molar-refractivity contribution in [2.45, 2.75) is 59.3 Å². The standard InChI is InChI=1S/C15H24NP/c1-10-12(16-17)9-8-11(14(2,3)4)13(10)15(5,6)7/h8-9,17H,1-7H3. The summed E-state index contributed by atoms with van der Waals surface area (Å²) in [6, 6.07) is 4.31. The van der Waals surface area contributed by atoms with Gasteiger partial charge in [-0.2, -0.15) is 0 Å². The molecule has 1 aromatic rings. The first-order valence-electron chi connectivity index (χ1n) is 6.11. The summed E-state index contributed by atoms with van der Waals surface area (Å²) in [7, 11) is 3.26. The van der Waals surface area contributed by atoms with Gasteiger partial charge in [-0.1, -0.05) is 47.6 Å². The molecule has 17 heavy (non-hydrogen) atoms. The van der Waals surface area contributed by atoms with Crippen LogP contribution in [0.1, 0.15) is 58.2 Å². The first kappa shape index (κ1) is 14.4. The molecule has 2 heteroatoms. The van der Waals surface area contributed by atoms with Crippen molar-refractivity contribution in [3.05, 3.63) is 28.8 Å². The van der Waals surface area contributed by atoms with Gasteiger partial charge in [0.05, 0.1) is 5.69 Å². The maximum atomic E-state index is 4.17. The molecular formula is C15H24NP. The van der Waals surface area contributed by atoms with Crippen LogP contribution in [-0.4, -0.2) is 0 Å². The lowest BCUT2D eigenvalue weighted by Crippen LogP contribution is -2.23. The van der Waals surface area contributed by atoms with E-state index < -0.39 is 0 Å². The summed E-state index contributed by atoms with van der Waals surface area (Å²) in [5.41, 5.74) is 5.45. The van der Waals surface area contributed by atoms with E-state index in [0.717, 1.165) is 5.69 Å². The van der Waals surface area contributed by atoms with Gasteiger partial charge in [0.1, 0.15) is 0 Å². The van der Waals surface area contributed by atoms with Gasteiger partial charge >= 0.3 is 0 Å². The fraction of sp³-hybridized carbons (Fsp3) is 0.600. The predicted octanol–water partition coefficient (Wildman–Crippen LogP) is 5.55. The molecule has 0 radical (unpaired) electrons. The van der Waals surface area contributed by atoms with Gasteiger partial charge in [-0.15, -0.1) is 0 Å². The second kappa shape index (κ2) is 4.53. The molecule has 0 unspecified atom stereocenters. The van der Waals surface area contributed by atoms with Gasteiger partial charge in [-0.25, -0.2) is 4.74 Å². The highest BCUT2D eigenvalue weighted by Crippen LogP contribution is 2.39. The third-order valence-electron chi connectivity index (χ3n) is 3.11. The minimum atomic E-state index is 0.139. The van der Waals surface area contributed by atoms with E-state index >= 15 is 0 Å². The number of benzene rings is 1. The van der Waals surface area contributed by atoms with E-state index in [1.807, 2.05) is 0 Å². The molecule has 0 saturated heterocycles. The van der Waals surface area contributed by atoms with Gasteiger partial charge in [0.15, 0.2) is 0 Å². The van der Waals surface area contributed by atoms with Crippen molar-refractivity contribution >= 4 is 14.7 Å². The molecule has 0 atom stereocenters. The molecule has 0 aliphatic carbocycles. The molecule has 0 amide bonds. The molecule has 0 saturated carbocycles. The maximum absolute atomic E-state index is 4.17. The fourth-order valence-electron chi connectivity index (χ4n) is 2.41. The van der Waals surface area contributed by atoms with Crippen LogP contribution in [0.4, 0.5) is 5.69 Å². The summed E-state index contributed by atoms with van der Waals surface area (Å²) >= 11 is 0. The number of hydrogen-bond acceptors (Lipinski definition) is 1. The summed E-state index contributed by atoms with van der Waals surface area (Å²) in [5, 5.41) is 0. The van der Waals surface area contributed by atoms with Gasteiger partial charge < -0.3 is 0 Å². The lowest BCUT2D eigenvalue weighted by Gasteiger charge is -2.32. The van der Waals surface area contributed by atoms with Crippen LogP contribution in [0.3, 0.4) is 0 Å². The van der Waals surface area contributed by atoms with Gasteiger partial charge in [0, 0.05) is 0 Å². The monoisotopic (exact) mass is 249 g/mol. The Kier molecular flexibility index (Phi) is 3.84. The SMILES string of the molecule is Cc1c(N=P)ccc(C(C)(C)C)c1C(C)(C)C. The normalized spacial score (nSPS) is 12.6. The van der Waals surface area contributed by atoms with Gasteiger partial charge in [-0.05, 0) is 49.5 Å². The van der Waals surface area contributed by atoms with E-state index in [4.69, 9.17) is 0 Å². The molecule has 0 aromatic heterocycles. The molecule has 0 fully saturated rings. The Morgan fingerprint density at radius 2 is 1.47 bits per heavy atom. The van der Waals surface area contributed by atoms with Crippen molar-refractivity contribution in [2.24, 2.45) is 4.74 Å². The zero-order chi connectivity index (χ0) is 13.4. The van der Waals surface area contributed by atoms with Crippen LogP contribution in [0, 0.1) is 6.92 Å². The lowest BCUT2D eigenvalue weighted by molar-refractivity contribution is 0.527. The first-order valence-corrected chi connectivity index (χ1v) is 6.56. The molecule has 0 aliphatic rings. The zero-order valence-electron chi connectivity index (χ0n) is 12.1. The van der Waals surface area contributed by atoms with Gasteiger partial charge in [-0.3, -0.25) is 0 Å². The molecule has 0 spiro atoms. The second-order valence-corrected chi connectivity index (χ2v) is 6.97. The third kappa shape index (κ3) is 2.96. The largest absolute Gasteiger partial charge is 0.236 e. The minimum absolute atomic E-state index is 0.139. The van der Waals surface area contributed by atoms with Crippen molar-refractivity contribution in [1.29, 1.82) is 0 Å². The van der Waals surface area contributed by atoms with Crippen LogP contribution in [0.15, 0.2) is 16.9 Å². The van der Waals surface area contributed by atoms with E-state index in [0.29, 0.717) is 0 Å². The average molecular weight is 249 g/mol. The van der Waals surface area contributed by atoms with E-state index in [2.05, 4.69) is 74.4 Å². The predicted molar refractivity (Wildman–Crippen MR) is 79.0 cm³/mol. The van der Waals surface area contributed by atoms with Crippen molar-refractivity contribution in [3.8, 4) is 0 Å². The number of rotatable bonds is 1. The molecule has 1 aromatic carbocycles. The van der Waals surface area contributed by atoms with Crippen molar-refractivity contribution in [1.82, 2.24) is 0 Å². The minimum Gasteiger partial charge on any atom is -0.236 e. The molecular weight excluding hydrogens is 225 g/mol. The second-order valence-electron chi connectivity index (χ2n) is 6.74. The summed E-state index contributed by atoms with van der Waals surface area (Å²) in [4.78, 5) is 0. The van der Waals surface area contributed by atoms with Crippen molar-refractivity contribution < 1.29 is 0 Å². The van der Waals surface area contributed by atoms with Crippen LogP contribution >= 0.6 is 9.03 Å². The third-order valence-corrected chi connectivity index (χ3v) is 3.36. The Bertz CT molecular complexity index is 433. The van der Waals surface area contributed by atoms with E-state index in [9.17, 15) is 0 Å². The molecule has 0 N–H and O–H groups in total. The molecule has 1 rings (SSSR count). The Labute approximate surface area is 108 Å². The number of hydrogen-bond donors (Lipinski definition) is 0. The highest BCUT2D eigenvalue weighted by molar-refractivity contribution is 7.04. The van der Waals surface area contributed by atoms with E-state index in [-0.39, 0.29) is 10.8 Å². The smallest absolute Gasteiger partial charge is 0.0704 e. The van der Waals surface area contributed by atoms with Crippen LogP contribution < -0.4 is 0 Å².